The summed E-state index contributed by atoms with van der Waals surface area (Å²) in [5, 5.41) is 2.72. The molecule has 0 heterocycles. The van der Waals surface area contributed by atoms with Gasteiger partial charge >= 0.3 is 0 Å². The molecule has 0 saturated heterocycles. The minimum absolute atomic E-state index is 0.0920. The van der Waals surface area contributed by atoms with Crippen molar-refractivity contribution >= 4 is 27.3 Å². The van der Waals surface area contributed by atoms with E-state index in [1.807, 2.05) is 19.9 Å². The highest BCUT2D eigenvalue weighted by atomic mass is 32.2. The molecule has 32 heavy (non-hydrogen) atoms. The molecule has 2 N–H and O–H groups in total. The number of aryl methyl sites for hydroxylation is 2. The van der Waals surface area contributed by atoms with Gasteiger partial charge in [-0.2, -0.15) is 0 Å². The molecule has 168 valence electrons. The second kappa shape index (κ2) is 9.74. The Kier molecular flexibility index (Phi) is 7.05. The van der Waals surface area contributed by atoms with Crippen molar-refractivity contribution in [3.8, 4) is 11.5 Å². The Labute approximate surface area is 188 Å². The highest BCUT2D eigenvalue weighted by Gasteiger charge is 2.17. The molecule has 1 unspecified atom stereocenters. The van der Waals surface area contributed by atoms with Crippen LogP contribution in [0, 0.1) is 13.8 Å². The third-order valence-corrected chi connectivity index (χ3v) is 6.31. The number of hydrogen-bond acceptors (Lipinski definition) is 5. The third kappa shape index (κ3) is 5.79. The largest absolute Gasteiger partial charge is 0.497 e. The third-order valence-electron chi connectivity index (χ3n) is 4.91. The van der Waals surface area contributed by atoms with E-state index in [0.717, 1.165) is 11.1 Å². The van der Waals surface area contributed by atoms with Gasteiger partial charge in [-0.3, -0.25) is 9.52 Å². The molecular formula is C24H26N2O5S. The van der Waals surface area contributed by atoms with E-state index in [-0.39, 0.29) is 10.8 Å². The monoisotopic (exact) mass is 454 g/mol. The summed E-state index contributed by atoms with van der Waals surface area (Å²) >= 11 is 0. The number of rotatable bonds is 8. The van der Waals surface area contributed by atoms with Crippen LogP contribution in [0.5, 0.6) is 11.5 Å². The molecule has 0 fully saturated rings. The average Bonchev–Trinajstić information content (AvgIpc) is 2.76. The van der Waals surface area contributed by atoms with Crippen LogP contribution in [0.4, 0.5) is 11.4 Å². The number of nitrogens with one attached hydrogen (secondary N) is 2. The summed E-state index contributed by atoms with van der Waals surface area (Å²) in [7, 11) is -2.20. The number of carbonyl (C=O) groups excluding carboxylic acids is 1. The number of hydrogen-bond donors (Lipinski definition) is 2. The molecule has 3 aromatic carbocycles. The van der Waals surface area contributed by atoms with Crippen LogP contribution in [0.25, 0.3) is 0 Å². The van der Waals surface area contributed by atoms with Crippen LogP contribution in [0.3, 0.4) is 0 Å². The summed E-state index contributed by atoms with van der Waals surface area (Å²) in [4.78, 5) is 12.5. The topological polar surface area (TPSA) is 93.7 Å². The lowest BCUT2D eigenvalue weighted by atomic mass is 10.1. The van der Waals surface area contributed by atoms with Crippen molar-refractivity contribution in [2.45, 2.75) is 31.8 Å². The first-order chi connectivity index (χ1) is 15.2. The van der Waals surface area contributed by atoms with Gasteiger partial charge in [-0.1, -0.05) is 12.1 Å². The number of anilines is 2. The summed E-state index contributed by atoms with van der Waals surface area (Å²) in [6.45, 7) is 5.51. The molecule has 0 spiro atoms. The number of carbonyl (C=O) groups is 1. The van der Waals surface area contributed by atoms with Gasteiger partial charge in [0.15, 0.2) is 6.10 Å². The number of ether oxygens (including phenoxy) is 2. The molecular weight excluding hydrogens is 428 g/mol. The molecule has 1 atom stereocenters. The van der Waals surface area contributed by atoms with Crippen molar-refractivity contribution in [3.05, 3.63) is 77.9 Å². The molecule has 3 aromatic rings. The zero-order valence-corrected chi connectivity index (χ0v) is 19.2. The second-order valence-electron chi connectivity index (χ2n) is 7.36. The van der Waals surface area contributed by atoms with Crippen LogP contribution < -0.4 is 19.5 Å². The first kappa shape index (κ1) is 23.1. The number of sulfonamides is 1. The lowest BCUT2D eigenvalue weighted by molar-refractivity contribution is -0.122. The second-order valence-corrected chi connectivity index (χ2v) is 9.04. The minimum Gasteiger partial charge on any atom is -0.497 e. The summed E-state index contributed by atoms with van der Waals surface area (Å²) in [6.07, 6.45) is -0.767. The van der Waals surface area contributed by atoms with Gasteiger partial charge < -0.3 is 14.8 Å². The van der Waals surface area contributed by atoms with E-state index in [1.54, 1.807) is 50.4 Å². The molecule has 0 aromatic heterocycles. The molecule has 7 nitrogen and oxygen atoms in total. The fourth-order valence-electron chi connectivity index (χ4n) is 2.91. The summed E-state index contributed by atoms with van der Waals surface area (Å²) in [5.41, 5.74) is 3.03. The molecule has 1 amide bonds. The van der Waals surface area contributed by atoms with Crippen molar-refractivity contribution < 1.29 is 22.7 Å². The van der Waals surface area contributed by atoms with Crippen LogP contribution in [0.15, 0.2) is 71.6 Å². The first-order valence-electron chi connectivity index (χ1n) is 9.99. The Morgan fingerprint density at radius 1 is 0.875 bits per heavy atom. The maximum atomic E-state index is 12.7. The molecule has 0 bridgehead atoms. The van der Waals surface area contributed by atoms with Gasteiger partial charge in [-0.15, -0.1) is 0 Å². The maximum absolute atomic E-state index is 12.7. The van der Waals surface area contributed by atoms with Gasteiger partial charge in [0.25, 0.3) is 15.9 Å². The summed E-state index contributed by atoms with van der Waals surface area (Å²) < 4.78 is 38.7. The predicted octanol–water partition coefficient (Wildman–Crippen LogP) is 4.52. The molecule has 0 radical (unpaired) electrons. The molecule has 0 saturated carbocycles. The highest BCUT2D eigenvalue weighted by molar-refractivity contribution is 7.92. The zero-order chi connectivity index (χ0) is 23.3. The Balaban J connectivity index is 1.64. The van der Waals surface area contributed by atoms with E-state index in [0.29, 0.717) is 22.9 Å². The fraction of sp³-hybridized carbons (Fsp3) is 0.208. The van der Waals surface area contributed by atoms with Crippen LogP contribution in [0.1, 0.15) is 18.1 Å². The Morgan fingerprint density at radius 2 is 1.53 bits per heavy atom. The van der Waals surface area contributed by atoms with Crippen molar-refractivity contribution in [1.82, 2.24) is 0 Å². The van der Waals surface area contributed by atoms with Crippen LogP contribution in [-0.4, -0.2) is 27.5 Å². The zero-order valence-electron chi connectivity index (χ0n) is 18.4. The minimum atomic E-state index is -3.75. The lowest BCUT2D eigenvalue weighted by Crippen LogP contribution is -2.30. The molecule has 0 aliphatic heterocycles. The first-order valence-corrected chi connectivity index (χ1v) is 11.5. The number of amides is 1. The van der Waals surface area contributed by atoms with Crippen LogP contribution >= 0.6 is 0 Å². The van der Waals surface area contributed by atoms with E-state index < -0.39 is 16.1 Å². The molecule has 3 rings (SSSR count). The van der Waals surface area contributed by atoms with Crippen molar-refractivity contribution in [1.29, 1.82) is 0 Å². The SMILES string of the molecule is COc1cccc(OC(C)C(=O)Nc2ccc(S(=O)(=O)Nc3ccc(C)c(C)c3)cc2)c1. The summed E-state index contributed by atoms with van der Waals surface area (Å²) in [5.74, 6) is 0.767. The standard InChI is InChI=1S/C24H26N2O5S/c1-16-8-9-20(14-17(16)2)26-32(28,29)23-12-10-19(11-13-23)25-24(27)18(3)31-22-7-5-6-21(15-22)30-4/h5-15,18,26H,1-4H3,(H,25,27). The van der Waals surface area contributed by atoms with E-state index in [4.69, 9.17) is 9.47 Å². The quantitative estimate of drug-likeness (QED) is 0.522. The molecule has 0 aliphatic carbocycles. The van der Waals surface area contributed by atoms with E-state index in [2.05, 4.69) is 10.0 Å². The van der Waals surface area contributed by atoms with Gasteiger partial charge in [0.1, 0.15) is 11.5 Å². The number of benzene rings is 3. The molecule has 0 aliphatic rings. The van der Waals surface area contributed by atoms with Crippen LogP contribution in [-0.2, 0) is 14.8 Å². The normalized spacial score (nSPS) is 12.0. The van der Waals surface area contributed by atoms with Crippen LogP contribution in [0.2, 0.25) is 0 Å². The lowest BCUT2D eigenvalue weighted by Gasteiger charge is -2.15. The molecule has 8 heteroatoms. The van der Waals surface area contributed by atoms with E-state index in [1.165, 1.54) is 24.3 Å². The van der Waals surface area contributed by atoms with Gasteiger partial charge in [0.05, 0.1) is 12.0 Å². The number of methoxy groups -OCH3 is 1. The Bertz CT molecular complexity index is 1210. The predicted molar refractivity (Wildman–Crippen MR) is 125 cm³/mol. The van der Waals surface area contributed by atoms with Gasteiger partial charge in [0.2, 0.25) is 0 Å². The van der Waals surface area contributed by atoms with Gasteiger partial charge in [0, 0.05) is 17.4 Å². The maximum Gasteiger partial charge on any atom is 0.265 e. The Hall–Kier alpha value is -3.52. The van der Waals surface area contributed by atoms with Crippen molar-refractivity contribution in [3.63, 3.8) is 0 Å². The average molecular weight is 455 g/mol. The van der Waals surface area contributed by atoms with Crippen molar-refractivity contribution in [2.75, 3.05) is 17.1 Å². The smallest absolute Gasteiger partial charge is 0.265 e. The van der Waals surface area contributed by atoms with Gasteiger partial charge in [-0.05, 0) is 80.4 Å². The van der Waals surface area contributed by atoms with E-state index >= 15 is 0 Å². The van der Waals surface area contributed by atoms with Gasteiger partial charge in [-0.25, -0.2) is 8.42 Å². The highest BCUT2D eigenvalue weighted by Crippen LogP contribution is 2.22. The summed E-state index contributed by atoms with van der Waals surface area (Å²) in [6, 6.07) is 18.3. The fourth-order valence-corrected chi connectivity index (χ4v) is 3.96. The Morgan fingerprint density at radius 3 is 2.19 bits per heavy atom. The van der Waals surface area contributed by atoms with Crippen molar-refractivity contribution in [2.24, 2.45) is 0 Å². The van der Waals surface area contributed by atoms with E-state index in [9.17, 15) is 13.2 Å².